The molecular formula is C16H14N2O. The van der Waals surface area contributed by atoms with Crippen LogP contribution in [-0.4, -0.2) is 15.1 Å². The quantitative estimate of drug-likeness (QED) is 0.760. The number of pyridine rings is 2. The highest BCUT2D eigenvalue weighted by Gasteiger charge is 2.12. The summed E-state index contributed by atoms with van der Waals surface area (Å²) in [5, 5.41) is 11.4. The van der Waals surface area contributed by atoms with Gasteiger partial charge in [0, 0.05) is 17.3 Å². The lowest BCUT2D eigenvalue weighted by atomic mass is 10.0. The van der Waals surface area contributed by atoms with Crippen LogP contribution >= 0.6 is 0 Å². The van der Waals surface area contributed by atoms with E-state index in [1.54, 1.807) is 6.20 Å². The van der Waals surface area contributed by atoms with Crippen molar-refractivity contribution in [1.29, 1.82) is 0 Å². The van der Waals surface area contributed by atoms with Gasteiger partial charge in [-0.3, -0.25) is 9.97 Å². The van der Waals surface area contributed by atoms with Crippen molar-refractivity contribution in [2.75, 3.05) is 0 Å². The lowest BCUT2D eigenvalue weighted by Crippen LogP contribution is -2.03. The molecule has 1 atom stereocenters. The topological polar surface area (TPSA) is 46.0 Å². The smallest absolute Gasteiger partial charge is 0.121 e. The van der Waals surface area contributed by atoms with Gasteiger partial charge in [0.05, 0.1) is 11.2 Å². The van der Waals surface area contributed by atoms with E-state index in [0.717, 1.165) is 22.2 Å². The zero-order chi connectivity index (χ0) is 13.2. The number of aliphatic hydroxyl groups excluding tert-OH is 1. The molecule has 3 heteroatoms. The summed E-state index contributed by atoms with van der Waals surface area (Å²) in [6.07, 6.45) is 1.06. The number of aromatic nitrogens is 2. The van der Waals surface area contributed by atoms with Crippen LogP contribution in [0.5, 0.6) is 0 Å². The average Bonchev–Trinajstić information content (AvgIpc) is 2.46. The minimum absolute atomic E-state index is 0.670. The van der Waals surface area contributed by atoms with E-state index in [9.17, 15) is 5.11 Å². The molecule has 1 aromatic carbocycles. The van der Waals surface area contributed by atoms with Crippen molar-refractivity contribution in [3.8, 4) is 0 Å². The second-order valence-electron chi connectivity index (χ2n) is 4.56. The fourth-order valence-corrected chi connectivity index (χ4v) is 2.15. The molecule has 0 aliphatic rings. The molecule has 3 aromatic rings. The van der Waals surface area contributed by atoms with Gasteiger partial charge in [0.1, 0.15) is 6.10 Å². The first kappa shape index (κ1) is 11.8. The second-order valence-corrected chi connectivity index (χ2v) is 4.56. The van der Waals surface area contributed by atoms with Gasteiger partial charge in [0.2, 0.25) is 0 Å². The number of aryl methyl sites for hydroxylation is 1. The number of hydrogen-bond donors (Lipinski definition) is 1. The van der Waals surface area contributed by atoms with Crippen molar-refractivity contribution in [2.24, 2.45) is 0 Å². The number of rotatable bonds is 2. The van der Waals surface area contributed by atoms with E-state index in [1.807, 2.05) is 55.5 Å². The molecule has 19 heavy (non-hydrogen) atoms. The molecule has 0 radical (unpaired) electrons. The van der Waals surface area contributed by atoms with E-state index in [-0.39, 0.29) is 0 Å². The fraction of sp³-hybridized carbons (Fsp3) is 0.125. The van der Waals surface area contributed by atoms with Crippen molar-refractivity contribution in [3.63, 3.8) is 0 Å². The number of fused-ring (bicyclic) bond motifs is 1. The van der Waals surface area contributed by atoms with Gasteiger partial charge in [-0.2, -0.15) is 0 Å². The Hall–Kier alpha value is -2.26. The molecular weight excluding hydrogens is 236 g/mol. The lowest BCUT2D eigenvalue weighted by molar-refractivity contribution is 0.215. The zero-order valence-electron chi connectivity index (χ0n) is 10.6. The van der Waals surface area contributed by atoms with Gasteiger partial charge in [0.15, 0.2) is 0 Å². The Morgan fingerprint density at radius 2 is 1.95 bits per heavy atom. The van der Waals surface area contributed by atoms with Gasteiger partial charge < -0.3 is 5.11 Å². The van der Waals surface area contributed by atoms with Gasteiger partial charge in [-0.1, -0.05) is 18.2 Å². The van der Waals surface area contributed by atoms with E-state index in [4.69, 9.17) is 0 Å². The molecule has 2 aromatic heterocycles. The Balaban J connectivity index is 2.04. The molecule has 0 spiro atoms. The van der Waals surface area contributed by atoms with Crippen LogP contribution in [0.15, 0.2) is 54.7 Å². The largest absolute Gasteiger partial charge is 0.382 e. The Bertz CT molecular complexity index is 725. The van der Waals surface area contributed by atoms with E-state index in [2.05, 4.69) is 9.97 Å². The first-order chi connectivity index (χ1) is 9.24. The van der Waals surface area contributed by atoms with Crippen molar-refractivity contribution in [1.82, 2.24) is 9.97 Å². The average molecular weight is 250 g/mol. The van der Waals surface area contributed by atoms with Crippen LogP contribution < -0.4 is 0 Å². The standard InChI is InChI=1S/C16H14N2O/c1-11-4-2-6-15(18-11)16(19)13-7-8-14-12(10-13)5-3-9-17-14/h2-10,16,19H,1H3. The van der Waals surface area contributed by atoms with Crippen LogP contribution in [0.1, 0.15) is 23.1 Å². The molecule has 3 rings (SSSR count). The first-order valence-electron chi connectivity index (χ1n) is 6.20. The Labute approximate surface area is 111 Å². The van der Waals surface area contributed by atoms with E-state index >= 15 is 0 Å². The highest BCUT2D eigenvalue weighted by atomic mass is 16.3. The first-order valence-corrected chi connectivity index (χ1v) is 6.20. The van der Waals surface area contributed by atoms with E-state index in [0.29, 0.717) is 5.69 Å². The molecule has 1 N–H and O–H groups in total. The van der Waals surface area contributed by atoms with Gasteiger partial charge in [-0.15, -0.1) is 0 Å². The molecule has 0 fully saturated rings. The van der Waals surface area contributed by atoms with Crippen molar-refractivity contribution >= 4 is 10.9 Å². The van der Waals surface area contributed by atoms with Gasteiger partial charge >= 0.3 is 0 Å². The molecule has 0 saturated heterocycles. The zero-order valence-corrected chi connectivity index (χ0v) is 10.6. The maximum atomic E-state index is 10.4. The van der Waals surface area contributed by atoms with Crippen LogP contribution in [-0.2, 0) is 0 Å². The van der Waals surface area contributed by atoms with Crippen molar-refractivity contribution in [2.45, 2.75) is 13.0 Å². The molecule has 2 heterocycles. The summed E-state index contributed by atoms with van der Waals surface area (Å²) in [5.41, 5.74) is 3.33. The third-order valence-electron chi connectivity index (χ3n) is 3.13. The van der Waals surface area contributed by atoms with Crippen molar-refractivity contribution in [3.05, 3.63) is 71.7 Å². The van der Waals surface area contributed by atoms with Crippen LogP contribution in [0.25, 0.3) is 10.9 Å². The summed E-state index contributed by atoms with van der Waals surface area (Å²) in [7, 11) is 0. The highest BCUT2D eigenvalue weighted by molar-refractivity contribution is 5.79. The maximum Gasteiger partial charge on any atom is 0.121 e. The SMILES string of the molecule is Cc1cccc(C(O)c2ccc3ncccc3c2)n1. The van der Waals surface area contributed by atoms with Crippen LogP contribution in [0.2, 0.25) is 0 Å². The summed E-state index contributed by atoms with van der Waals surface area (Å²) >= 11 is 0. The molecule has 94 valence electrons. The number of hydrogen-bond acceptors (Lipinski definition) is 3. The Kier molecular flexibility index (Phi) is 2.97. The summed E-state index contributed by atoms with van der Waals surface area (Å²) in [5.74, 6) is 0. The predicted octanol–water partition coefficient (Wildman–Crippen LogP) is 3.02. The predicted molar refractivity (Wildman–Crippen MR) is 74.8 cm³/mol. The minimum atomic E-state index is -0.704. The van der Waals surface area contributed by atoms with E-state index < -0.39 is 6.10 Å². The Morgan fingerprint density at radius 3 is 2.79 bits per heavy atom. The number of benzene rings is 1. The van der Waals surface area contributed by atoms with Gasteiger partial charge in [-0.25, -0.2) is 0 Å². The third-order valence-corrected chi connectivity index (χ3v) is 3.13. The van der Waals surface area contributed by atoms with Crippen molar-refractivity contribution < 1.29 is 5.11 Å². The lowest BCUT2D eigenvalue weighted by Gasteiger charge is -2.11. The minimum Gasteiger partial charge on any atom is -0.382 e. The van der Waals surface area contributed by atoms with Gasteiger partial charge in [-0.05, 0) is 42.8 Å². The molecule has 0 amide bonds. The highest BCUT2D eigenvalue weighted by Crippen LogP contribution is 2.23. The van der Waals surface area contributed by atoms with Crippen LogP contribution in [0.3, 0.4) is 0 Å². The molecule has 0 bridgehead atoms. The molecule has 1 unspecified atom stereocenters. The summed E-state index contributed by atoms with van der Waals surface area (Å²) in [6, 6.07) is 15.3. The fourth-order valence-electron chi connectivity index (χ4n) is 2.15. The normalized spacial score (nSPS) is 12.5. The molecule has 0 saturated carbocycles. The number of aliphatic hydroxyl groups is 1. The summed E-state index contributed by atoms with van der Waals surface area (Å²) < 4.78 is 0. The second kappa shape index (κ2) is 4.78. The van der Waals surface area contributed by atoms with Crippen LogP contribution in [0, 0.1) is 6.92 Å². The monoisotopic (exact) mass is 250 g/mol. The van der Waals surface area contributed by atoms with Gasteiger partial charge in [0.25, 0.3) is 0 Å². The Morgan fingerprint density at radius 1 is 1.05 bits per heavy atom. The maximum absolute atomic E-state index is 10.4. The summed E-state index contributed by atoms with van der Waals surface area (Å²) in [4.78, 5) is 8.64. The van der Waals surface area contributed by atoms with E-state index in [1.165, 1.54) is 0 Å². The molecule has 0 aliphatic carbocycles. The third kappa shape index (κ3) is 2.33. The van der Waals surface area contributed by atoms with Crippen LogP contribution in [0.4, 0.5) is 0 Å². The molecule has 0 aliphatic heterocycles. The summed E-state index contributed by atoms with van der Waals surface area (Å²) in [6.45, 7) is 1.92. The molecule has 3 nitrogen and oxygen atoms in total. The number of nitrogens with zero attached hydrogens (tertiary/aromatic N) is 2.